The van der Waals surface area contributed by atoms with Crippen LogP contribution in [-0.4, -0.2) is 32.8 Å². The van der Waals surface area contributed by atoms with Gasteiger partial charge in [0.25, 0.3) is 5.91 Å². The summed E-state index contributed by atoms with van der Waals surface area (Å²) in [4.78, 5) is 23.5. The van der Waals surface area contributed by atoms with Crippen molar-refractivity contribution < 1.29 is 14.7 Å². The third kappa shape index (κ3) is 3.48. The first-order valence-corrected chi connectivity index (χ1v) is 7.88. The summed E-state index contributed by atoms with van der Waals surface area (Å²) in [6.07, 6.45) is 1.52. The number of carboxylic acids is 1. The number of nitrogens with zero attached hydrogens (tertiary/aromatic N) is 2. The molecule has 6 nitrogen and oxygen atoms in total. The van der Waals surface area contributed by atoms with Crippen LogP contribution in [0.3, 0.4) is 0 Å². The second-order valence-electron chi connectivity index (χ2n) is 6.23. The lowest BCUT2D eigenvalue weighted by molar-refractivity contribution is -0.141. The second-order valence-corrected chi connectivity index (χ2v) is 6.23. The summed E-state index contributed by atoms with van der Waals surface area (Å²) in [5.41, 5.74) is 4.27. The number of aromatic nitrogens is 2. The molecule has 0 saturated heterocycles. The summed E-state index contributed by atoms with van der Waals surface area (Å²) in [5.74, 6) is -1.92. The van der Waals surface area contributed by atoms with Crippen LogP contribution in [0.15, 0.2) is 24.4 Å². The van der Waals surface area contributed by atoms with Gasteiger partial charge in [0.2, 0.25) is 0 Å². The number of aryl methyl sites for hydroxylation is 2. The van der Waals surface area contributed by atoms with Crippen LogP contribution < -0.4 is 5.32 Å². The SMILES string of the molecule is Cc1ccc(C)c(-n2ncc(C(=O)NC(C)C(C)C(=O)O)c2C)c1. The molecule has 0 radical (unpaired) electrons. The molecule has 24 heavy (non-hydrogen) atoms. The average molecular weight is 329 g/mol. The van der Waals surface area contributed by atoms with Gasteiger partial charge in [0.1, 0.15) is 0 Å². The smallest absolute Gasteiger partial charge is 0.308 e. The Labute approximate surface area is 141 Å². The van der Waals surface area contributed by atoms with Crippen molar-refractivity contribution in [3.05, 3.63) is 46.8 Å². The molecule has 0 saturated carbocycles. The Morgan fingerprint density at radius 1 is 1.21 bits per heavy atom. The number of nitrogens with one attached hydrogen (secondary N) is 1. The molecule has 0 aliphatic rings. The number of carboxylic acid groups (broad SMARTS) is 1. The maximum Gasteiger partial charge on any atom is 0.308 e. The Morgan fingerprint density at radius 2 is 1.88 bits per heavy atom. The highest BCUT2D eigenvalue weighted by atomic mass is 16.4. The normalized spacial score (nSPS) is 13.4. The van der Waals surface area contributed by atoms with Crippen molar-refractivity contribution in [2.45, 2.75) is 40.7 Å². The summed E-state index contributed by atoms with van der Waals surface area (Å²) in [6, 6.07) is 5.59. The molecule has 0 spiro atoms. The molecule has 2 N–H and O–H groups in total. The van der Waals surface area contributed by atoms with Gasteiger partial charge in [-0.3, -0.25) is 9.59 Å². The molecule has 2 atom stereocenters. The standard InChI is InChI=1S/C18H23N3O3/c1-10-6-7-11(2)16(8-10)21-14(5)15(9-19-21)17(22)20-13(4)12(3)18(23)24/h6-9,12-13H,1-5H3,(H,20,22)(H,23,24). The predicted octanol–water partition coefficient (Wildman–Crippen LogP) is 2.64. The number of benzene rings is 1. The number of amides is 1. The van der Waals surface area contributed by atoms with Crippen LogP contribution in [0.4, 0.5) is 0 Å². The molecule has 0 bridgehead atoms. The molecule has 2 unspecified atom stereocenters. The quantitative estimate of drug-likeness (QED) is 0.883. The van der Waals surface area contributed by atoms with Crippen LogP contribution in [0.1, 0.15) is 41.0 Å². The Morgan fingerprint density at radius 3 is 2.50 bits per heavy atom. The van der Waals surface area contributed by atoms with Crippen molar-refractivity contribution in [3.8, 4) is 5.69 Å². The van der Waals surface area contributed by atoms with Gasteiger partial charge in [0, 0.05) is 6.04 Å². The third-order valence-corrected chi connectivity index (χ3v) is 4.35. The van der Waals surface area contributed by atoms with Gasteiger partial charge in [-0.1, -0.05) is 12.1 Å². The molecule has 2 rings (SSSR count). The first-order valence-electron chi connectivity index (χ1n) is 7.88. The Hall–Kier alpha value is -2.63. The summed E-state index contributed by atoms with van der Waals surface area (Å²) >= 11 is 0. The number of carbonyl (C=O) groups is 2. The van der Waals surface area contributed by atoms with Crippen LogP contribution in [0.5, 0.6) is 0 Å². The lowest BCUT2D eigenvalue weighted by atomic mass is 10.0. The van der Waals surface area contributed by atoms with Crippen LogP contribution in [-0.2, 0) is 4.79 Å². The Balaban J connectivity index is 2.28. The molecule has 6 heteroatoms. The molecule has 1 aromatic heterocycles. The summed E-state index contributed by atoms with van der Waals surface area (Å²) in [7, 11) is 0. The minimum atomic E-state index is -0.939. The van der Waals surface area contributed by atoms with Gasteiger partial charge < -0.3 is 10.4 Å². The molecule has 1 amide bonds. The number of hydrogen-bond acceptors (Lipinski definition) is 3. The van der Waals surface area contributed by atoms with Gasteiger partial charge in [-0.05, 0) is 51.8 Å². The van der Waals surface area contributed by atoms with Crippen LogP contribution in [0.2, 0.25) is 0 Å². The zero-order chi connectivity index (χ0) is 18.0. The van der Waals surface area contributed by atoms with Crippen molar-refractivity contribution in [1.82, 2.24) is 15.1 Å². The van der Waals surface area contributed by atoms with Crippen LogP contribution in [0, 0.1) is 26.7 Å². The average Bonchev–Trinajstić information content (AvgIpc) is 2.90. The summed E-state index contributed by atoms with van der Waals surface area (Å²) in [6.45, 7) is 9.08. The van der Waals surface area contributed by atoms with E-state index in [0.29, 0.717) is 5.56 Å². The molecule has 0 fully saturated rings. The fraction of sp³-hybridized carbons (Fsp3) is 0.389. The molecule has 0 aliphatic carbocycles. The van der Waals surface area contributed by atoms with Crippen molar-refractivity contribution in [1.29, 1.82) is 0 Å². The summed E-state index contributed by atoms with van der Waals surface area (Å²) < 4.78 is 1.74. The van der Waals surface area contributed by atoms with Crippen molar-refractivity contribution in [2.75, 3.05) is 0 Å². The number of rotatable bonds is 5. The van der Waals surface area contributed by atoms with Gasteiger partial charge in [0.15, 0.2) is 0 Å². The van der Waals surface area contributed by atoms with E-state index in [9.17, 15) is 9.59 Å². The minimum Gasteiger partial charge on any atom is -0.481 e. The van der Waals surface area contributed by atoms with Crippen molar-refractivity contribution >= 4 is 11.9 Å². The lowest BCUT2D eigenvalue weighted by Crippen LogP contribution is -2.40. The number of carbonyl (C=O) groups excluding carboxylic acids is 1. The van der Waals surface area contributed by atoms with Gasteiger partial charge in [0.05, 0.1) is 29.1 Å². The van der Waals surface area contributed by atoms with E-state index in [1.165, 1.54) is 6.20 Å². The highest BCUT2D eigenvalue weighted by Gasteiger charge is 2.23. The fourth-order valence-corrected chi connectivity index (χ4v) is 2.45. The molecular weight excluding hydrogens is 306 g/mol. The van der Waals surface area contributed by atoms with E-state index in [0.717, 1.165) is 22.5 Å². The highest BCUT2D eigenvalue weighted by Crippen LogP contribution is 2.19. The monoisotopic (exact) mass is 329 g/mol. The fourth-order valence-electron chi connectivity index (χ4n) is 2.45. The largest absolute Gasteiger partial charge is 0.481 e. The maximum absolute atomic E-state index is 12.4. The van der Waals surface area contributed by atoms with E-state index in [4.69, 9.17) is 5.11 Å². The summed E-state index contributed by atoms with van der Waals surface area (Å²) in [5, 5.41) is 16.1. The van der Waals surface area contributed by atoms with Gasteiger partial charge in [-0.2, -0.15) is 5.10 Å². The Kier molecular flexibility index (Phi) is 5.07. The zero-order valence-corrected chi connectivity index (χ0v) is 14.6. The maximum atomic E-state index is 12.4. The Bertz CT molecular complexity index is 780. The first-order chi connectivity index (χ1) is 11.2. The van der Waals surface area contributed by atoms with E-state index >= 15 is 0 Å². The van der Waals surface area contributed by atoms with Gasteiger partial charge >= 0.3 is 5.97 Å². The first kappa shape index (κ1) is 17.7. The van der Waals surface area contributed by atoms with Crippen molar-refractivity contribution in [2.24, 2.45) is 5.92 Å². The number of aliphatic carboxylic acids is 1. The van der Waals surface area contributed by atoms with E-state index in [-0.39, 0.29) is 5.91 Å². The van der Waals surface area contributed by atoms with Crippen LogP contribution in [0.25, 0.3) is 5.69 Å². The lowest BCUT2D eigenvalue weighted by Gasteiger charge is -2.17. The van der Waals surface area contributed by atoms with E-state index in [1.54, 1.807) is 18.5 Å². The molecule has 2 aromatic rings. The molecule has 128 valence electrons. The molecule has 0 aliphatic heterocycles. The number of hydrogen-bond donors (Lipinski definition) is 2. The zero-order valence-electron chi connectivity index (χ0n) is 14.6. The van der Waals surface area contributed by atoms with E-state index < -0.39 is 17.9 Å². The van der Waals surface area contributed by atoms with E-state index in [2.05, 4.69) is 10.4 Å². The third-order valence-electron chi connectivity index (χ3n) is 4.35. The molecule has 1 heterocycles. The molecule has 1 aromatic carbocycles. The molecular formula is C18H23N3O3. The van der Waals surface area contributed by atoms with Gasteiger partial charge in [-0.25, -0.2) is 4.68 Å². The predicted molar refractivity (Wildman–Crippen MR) is 91.5 cm³/mol. The van der Waals surface area contributed by atoms with Crippen LogP contribution >= 0.6 is 0 Å². The second kappa shape index (κ2) is 6.86. The topological polar surface area (TPSA) is 84.2 Å². The highest BCUT2D eigenvalue weighted by molar-refractivity contribution is 5.95. The van der Waals surface area contributed by atoms with Gasteiger partial charge in [-0.15, -0.1) is 0 Å². The minimum absolute atomic E-state index is 0.315. The van der Waals surface area contributed by atoms with E-state index in [1.807, 2.05) is 39.0 Å². The van der Waals surface area contributed by atoms with Crippen molar-refractivity contribution in [3.63, 3.8) is 0 Å².